The minimum absolute atomic E-state index is 0.303. The van der Waals surface area contributed by atoms with E-state index < -0.39 is 0 Å². The van der Waals surface area contributed by atoms with Gasteiger partial charge in [-0.15, -0.1) is 0 Å². The van der Waals surface area contributed by atoms with Crippen molar-refractivity contribution in [3.05, 3.63) is 66.2 Å². The monoisotopic (exact) mass is 308 g/mol. The van der Waals surface area contributed by atoms with Gasteiger partial charge >= 0.3 is 0 Å². The molecule has 0 aliphatic heterocycles. The predicted molar refractivity (Wildman–Crippen MR) is 87.0 cm³/mol. The molecule has 1 amide bonds. The van der Waals surface area contributed by atoms with Gasteiger partial charge in [0.1, 0.15) is 11.4 Å². The number of benzene rings is 1. The number of carbonyl (C=O) groups is 1. The van der Waals surface area contributed by atoms with Crippen molar-refractivity contribution in [3.8, 4) is 11.4 Å². The number of carbonyl (C=O) groups excluding carboxylic acids is 1. The van der Waals surface area contributed by atoms with E-state index >= 15 is 0 Å². The summed E-state index contributed by atoms with van der Waals surface area (Å²) in [5.41, 5.74) is 2.72. The molecule has 0 aliphatic carbocycles. The molecule has 0 unspecified atom stereocenters. The molecule has 0 saturated heterocycles. The smallest absolute Gasteiger partial charge is 0.274 e. The summed E-state index contributed by atoms with van der Waals surface area (Å²) in [5.74, 6) is 0.301. The highest BCUT2D eigenvalue weighted by Gasteiger charge is 2.12. The number of ether oxygens (including phenoxy) is 1. The minimum Gasteiger partial charge on any atom is -0.495 e. The van der Waals surface area contributed by atoms with Crippen molar-refractivity contribution < 1.29 is 9.53 Å². The fourth-order valence-electron chi connectivity index (χ4n) is 2.21. The molecule has 1 N–H and O–H groups in total. The third-order valence-corrected chi connectivity index (χ3v) is 3.35. The molecule has 6 nitrogen and oxygen atoms in total. The number of methoxy groups -OCH3 is 1. The lowest BCUT2D eigenvalue weighted by Gasteiger charge is -2.11. The molecule has 3 aromatic rings. The van der Waals surface area contributed by atoms with Gasteiger partial charge in [-0.3, -0.25) is 9.78 Å². The van der Waals surface area contributed by atoms with Crippen LogP contribution in [0.5, 0.6) is 5.75 Å². The minimum atomic E-state index is -0.303. The van der Waals surface area contributed by atoms with Crippen molar-refractivity contribution in [2.45, 2.75) is 6.92 Å². The van der Waals surface area contributed by atoms with Crippen molar-refractivity contribution in [3.63, 3.8) is 0 Å². The number of anilines is 1. The maximum absolute atomic E-state index is 12.5. The third-order valence-electron chi connectivity index (χ3n) is 3.35. The molecule has 116 valence electrons. The highest BCUT2D eigenvalue weighted by molar-refractivity contribution is 6.04. The molecule has 0 aliphatic rings. The zero-order chi connectivity index (χ0) is 16.2. The molecule has 0 saturated carbocycles. The lowest BCUT2D eigenvalue weighted by atomic mass is 10.2. The number of aromatic nitrogens is 3. The second-order valence-electron chi connectivity index (χ2n) is 5.01. The van der Waals surface area contributed by atoms with Gasteiger partial charge in [0, 0.05) is 18.6 Å². The van der Waals surface area contributed by atoms with Crippen LogP contribution in [0.4, 0.5) is 5.69 Å². The Labute approximate surface area is 133 Å². The van der Waals surface area contributed by atoms with E-state index in [4.69, 9.17) is 4.74 Å². The average Bonchev–Trinajstić information content (AvgIpc) is 3.10. The zero-order valence-corrected chi connectivity index (χ0v) is 12.9. The molecular weight excluding hydrogens is 292 g/mol. The topological polar surface area (TPSA) is 69.0 Å². The van der Waals surface area contributed by atoms with Gasteiger partial charge in [-0.1, -0.05) is 6.07 Å². The van der Waals surface area contributed by atoms with Crippen LogP contribution in [0.2, 0.25) is 0 Å². The van der Waals surface area contributed by atoms with Crippen LogP contribution >= 0.6 is 0 Å². The maximum Gasteiger partial charge on any atom is 0.274 e. The summed E-state index contributed by atoms with van der Waals surface area (Å²) < 4.78 is 6.94. The molecule has 23 heavy (non-hydrogen) atoms. The van der Waals surface area contributed by atoms with Gasteiger partial charge in [-0.25, -0.2) is 4.68 Å². The Kier molecular flexibility index (Phi) is 4.05. The summed E-state index contributed by atoms with van der Waals surface area (Å²) in [6, 6.07) is 10.9. The summed E-state index contributed by atoms with van der Waals surface area (Å²) in [6.07, 6.45) is 5.07. The molecular formula is C17H16N4O2. The number of rotatable bonds is 4. The zero-order valence-electron chi connectivity index (χ0n) is 12.9. The highest BCUT2D eigenvalue weighted by Crippen LogP contribution is 2.25. The molecule has 3 rings (SSSR count). The van der Waals surface area contributed by atoms with Crippen LogP contribution in [-0.4, -0.2) is 27.8 Å². The Balaban J connectivity index is 1.87. The molecule has 2 heterocycles. The number of aryl methyl sites for hydroxylation is 1. The van der Waals surface area contributed by atoms with Crippen molar-refractivity contribution in [1.29, 1.82) is 0 Å². The van der Waals surface area contributed by atoms with Crippen LogP contribution in [-0.2, 0) is 0 Å². The summed E-state index contributed by atoms with van der Waals surface area (Å²) >= 11 is 0. The van der Waals surface area contributed by atoms with Crippen molar-refractivity contribution >= 4 is 11.6 Å². The Morgan fingerprint density at radius 1 is 1.22 bits per heavy atom. The van der Waals surface area contributed by atoms with E-state index in [0.717, 1.165) is 11.3 Å². The van der Waals surface area contributed by atoms with E-state index in [0.29, 0.717) is 17.1 Å². The van der Waals surface area contributed by atoms with Gasteiger partial charge < -0.3 is 10.1 Å². The summed E-state index contributed by atoms with van der Waals surface area (Å²) in [7, 11) is 1.57. The highest BCUT2D eigenvalue weighted by atomic mass is 16.5. The van der Waals surface area contributed by atoms with E-state index in [1.807, 2.05) is 31.2 Å². The number of pyridine rings is 1. The number of amides is 1. The molecule has 0 bridgehead atoms. The second-order valence-corrected chi connectivity index (χ2v) is 5.01. The lowest BCUT2D eigenvalue weighted by molar-refractivity contribution is 0.102. The van der Waals surface area contributed by atoms with Crippen LogP contribution < -0.4 is 10.1 Å². The van der Waals surface area contributed by atoms with Gasteiger partial charge in [0.05, 0.1) is 18.5 Å². The Morgan fingerprint density at radius 2 is 2.09 bits per heavy atom. The number of nitrogens with zero attached hydrogens (tertiary/aromatic N) is 3. The van der Waals surface area contributed by atoms with Crippen LogP contribution in [0.15, 0.2) is 55.0 Å². The predicted octanol–water partition coefficient (Wildman–Crippen LogP) is 2.84. The Hall–Kier alpha value is -3.15. The van der Waals surface area contributed by atoms with E-state index in [1.54, 1.807) is 42.5 Å². The normalized spacial score (nSPS) is 10.3. The SMILES string of the molecule is COc1ccc(C)cc1NC(=O)c1cc(-n2cccn2)ccn1. The Morgan fingerprint density at radius 3 is 2.83 bits per heavy atom. The van der Waals surface area contributed by atoms with Crippen molar-refractivity contribution in [2.75, 3.05) is 12.4 Å². The van der Waals surface area contributed by atoms with E-state index in [-0.39, 0.29) is 5.91 Å². The molecule has 0 atom stereocenters. The fourth-order valence-corrected chi connectivity index (χ4v) is 2.21. The summed E-state index contributed by atoms with van der Waals surface area (Å²) in [5, 5.41) is 6.98. The van der Waals surface area contributed by atoms with Crippen LogP contribution in [0.3, 0.4) is 0 Å². The molecule has 0 spiro atoms. The molecule has 0 fully saturated rings. The van der Waals surface area contributed by atoms with E-state index in [1.165, 1.54) is 0 Å². The first-order valence-electron chi connectivity index (χ1n) is 7.09. The maximum atomic E-state index is 12.5. The van der Waals surface area contributed by atoms with Gasteiger partial charge in [-0.2, -0.15) is 5.10 Å². The quantitative estimate of drug-likeness (QED) is 0.804. The van der Waals surface area contributed by atoms with Gasteiger partial charge in [-0.05, 0) is 42.8 Å². The van der Waals surface area contributed by atoms with Gasteiger partial charge in [0.2, 0.25) is 0 Å². The van der Waals surface area contributed by atoms with Crippen LogP contribution in [0.25, 0.3) is 5.69 Å². The number of hydrogen-bond donors (Lipinski definition) is 1. The Bertz CT molecular complexity index is 828. The molecule has 1 aromatic carbocycles. The van der Waals surface area contributed by atoms with Crippen molar-refractivity contribution in [2.24, 2.45) is 0 Å². The summed E-state index contributed by atoms with van der Waals surface area (Å²) in [6.45, 7) is 1.95. The first-order valence-corrected chi connectivity index (χ1v) is 7.09. The lowest BCUT2D eigenvalue weighted by Crippen LogP contribution is -2.15. The molecule has 2 aromatic heterocycles. The third kappa shape index (κ3) is 3.21. The summed E-state index contributed by atoms with van der Waals surface area (Å²) in [4.78, 5) is 16.6. The van der Waals surface area contributed by atoms with Crippen LogP contribution in [0.1, 0.15) is 16.1 Å². The first-order chi connectivity index (χ1) is 11.2. The standard InChI is InChI=1S/C17H16N4O2/c1-12-4-5-16(23-2)14(10-12)20-17(22)15-11-13(6-8-18-15)21-9-3-7-19-21/h3-11H,1-2H3,(H,20,22). The average molecular weight is 308 g/mol. The van der Waals surface area contributed by atoms with Gasteiger partial charge in [0.15, 0.2) is 0 Å². The molecule has 6 heteroatoms. The van der Waals surface area contributed by atoms with Crippen molar-refractivity contribution in [1.82, 2.24) is 14.8 Å². The second kappa shape index (κ2) is 6.31. The fraction of sp³-hybridized carbons (Fsp3) is 0.118. The largest absolute Gasteiger partial charge is 0.495 e. The number of hydrogen-bond acceptors (Lipinski definition) is 4. The first kappa shape index (κ1) is 14.8. The molecule has 0 radical (unpaired) electrons. The number of nitrogens with one attached hydrogen (secondary N) is 1. The van der Waals surface area contributed by atoms with Gasteiger partial charge in [0.25, 0.3) is 5.91 Å². The van der Waals surface area contributed by atoms with E-state index in [2.05, 4.69) is 15.4 Å². The van der Waals surface area contributed by atoms with Crippen LogP contribution in [0, 0.1) is 6.92 Å². The van der Waals surface area contributed by atoms with E-state index in [9.17, 15) is 4.79 Å².